The summed E-state index contributed by atoms with van der Waals surface area (Å²) in [7, 11) is 3.98. The van der Waals surface area contributed by atoms with Crippen LogP contribution in [0, 0.1) is 0 Å². The van der Waals surface area contributed by atoms with Crippen molar-refractivity contribution in [2.45, 2.75) is 238 Å². The Balaban J connectivity index is 0. The van der Waals surface area contributed by atoms with Crippen LogP contribution in [0.4, 0.5) is 0 Å². The maximum absolute atomic E-state index is 5.74. The van der Waals surface area contributed by atoms with E-state index in [2.05, 4.69) is 13.8 Å². The van der Waals surface area contributed by atoms with Gasteiger partial charge in [-0.3, -0.25) is 0 Å². The predicted molar refractivity (Wildman–Crippen MR) is 243 cm³/mol. The second kappa shape index (κ2) is 46.8. The molecule has 0 atom stereocenters. The summed E-state index contributed by atoms with van der Waals surface area (Å²) in [4.78, 5) is 0. The first kappa shape index (κ1) is 57.2. The first-order chi connectivity index (χ1) is 26.9. The quantitative estimate of drug-likeness (QED) is 0.0448. The van der Waals surface area contributed by atoms with E-state index in [1.807, 2.05) is 6.55 Å². The van der Waals surface area contributed by atoms with Crippen molar-refractivity contribution in [2.24, 2.45) is 0 Å². The van der Waals surface area contributed by atoms with Crippen LogP contribution in [-0.4, -0.2) is 79.0 Å². The summed E-state index contributed by atoms with van der Waals surface area (Å²) in [6.45, 7) is 9.10. The van der Waals surface area contributed by atoms with E-state index in [9.17, 15) is 0 Å². The van der Waals surface area contributed by atoms with Gasteiger partial charge in [-0.25, -0.2) is 0 Å². The monoisotopic (exact) mass is 821 g/mol. The highest BCUT2D eigenvalue weighted by atomic mass is 28.4. The molecule has 0 aliphatic heterocycles. The molecule has 0 saturated carbocycles. The number of ether oxygens (including phenoxy) is 2. The van der Waals surface area contributed by atoms with E-state index in [-0.39, 0.29) is 0 Å². The standard InChI is InChI=1S/C24H52O4Si.C22H48O3Si/c1-5-6-7-8-9-10-11-12-13-14-15-16-17-18-19-20-22-28-23-21-24-29(25-2,26-3)27-4;1-5-6-7-8-9-10-11-12-13-14-15-16-17-18-19-20-21-25-22-26(4,23-2)24-3/h5-24H2,1-4H3;5-22H2,1-4H3. The second-order valence-electron chi connectivity index (χ2n) is 16.2. The molecule has 0 unspecified atom stereocenters. The Kier molecular flexibility index (Phi) is 48.8. The minimum absolute atomic E-state index is 0.638. The zero-order valence-corrected chi connectivity index (χ0v) is 40.7. The average molecular weight is 821 g/mol. The van der Waals surface area contributed by atoms with E-state index in [1.165, 1.54) is 199 Å². The van der Waals surface area contributed by atoms with Crippen LogP contribution >= 0.6 is 0 Å². The number of hydrogen-bond donors (Lipinski definition) is 0. The molecular formula is C46H100O7Si2. The zero-order chi connectivity index (χ0) is 40.8. The van der Waals surface area contributed by atoms with Crippen LogP contribution in [0.5, 0.6) is 0 Å². The Morgan fingerprint density at radius 3 is 0.818 bits per heavy atom. The Morgan fingerprint density at radius 2 is 0.545 bits per heavy atom. The van der Waals surface area contributed by atoms with Gasteiger partial charge in [-0.2, -0.15) is 0 Å². The van der Waals surface area contributed by atoms with Gasteiger partial charge in [0, 0.05) is 61.4 Å². The predicted octanol–water partition coefficient (Wildman–Crippen LogP) is 14.7. The van der Waals surface area contributed by atoms with Crippen molar-refractivity contribution in [1.82, 2.24) is 0 Å². The number of unbranched alkanes of at least 4 members (excludes halogenated alkanes) is 30. The fourth-order valence-electron chi connectivity index (χ4n) is 7.01. The molecule has 0 heterocycles. The lowest BCUT2D eigenvalue weighted by Gasteiger charge is -2.24. The third kappa shape index (κ3) is 42.1. The SMILES string of the molecule is CCCCCCCCCCCCCCCCCCOCCC[Si](OC)(OC)OC.CCCCCCCCCCCCCCCCCCOC[Si](C)(OC)OC. The van der Waals surface area contributed by atoms with Crippen LogP contribution < -0.4 is 0 Å². The summed E-state index contributed by atoms with van der Waals surface area (Å²) in [5, 5.41) is 0. The first-order valence-corrected chi connectivity index (χ1v) is 28.3. The van der Waals surface area contributed by atoms with Crippen LogP contribution in [0.2, 0.25) is 12.6 Å². The summed E-state index contributed by atoms with van der Waals surface area (Å²) in [5.41, 5.74) is 0. The normalized spacial score (nSPS) is 12.0. The van der Waals surface area contributed by atoms with Gasteiger partial charge in [0.2, 0.25) is 0 Å². The zero-order valence-electron chi connectivity index (χ0n) is 38.7. The van der Waals surface area contributed by atoms with Crippen molar-refractivity contribution in [3.8, 4) is 0 Å². The molecule has 0 aliphatic carbocycles. The molecule has 55 heavy (non-hydrogen) atoms. The van der Waals surface area contributed by atoms with E-state index in [0.717, 1.165) is 38.7 Å². The fourth-order valence-corrected chi connectivity index (χ4v) is 9.62. The molecule has 0 N–H and O–H groups in total. The van der Waals surface area contributed by atoms with E-state index in [0.29, 0.717) is 6.23 Å². The third-order valence-electron chi connectivity index (χ3n) is 11.2. The van der Waals surface area contributed by atoms with Crippen LogP contribution in [0.15, 0.2) is 0 Å². The molecule has 0 amide bonds. The van der Waals surface area contributed by atoms with Crippen LogP contribution in [0.3, 0.4) is 0 Å². The Bertz CT molecular complexity index is 687. The largest absolute Gasteiger partial charge is 0.500 e. The number of hydrogen-bond acceptors (Lipinski definition) is 7. The van der Waals surface area contributed by atoms with E-state index >= 15 is 0 Å². The molecule has 0 rings (SSSR count). The van der Waals surface area contributed by atoms with Gasteiger partial charge in [0.25, 0.3) is 0 Å². The highest BCUT2D eigenvalue weighted by molar-refractivity contribution is 6.65. The lowest BCUT2D eigenvalue weighted by Crippen LogP contribution is -2.42. The molecule has 0 saturated heterocycles. The molecule has 7 nitrogen and oxygen atoms in total. The number of rotatable bonds is 45. The lowest BCUT2D eigenvalue weighted by atomic mass is 10.0. The molecule has 0 radical (unpaired) electrons. The minimum atomic E-state index is -2.41. The molecule has 0 spiro atoms. The van der Waals surface area contributed by atoms with Gasteiger partial charge in [0.05, 0.1) is 6.23 Å². The van der Waals surface area contributed by atoms with Crippen molar-refractivity contribution in [3.05, 3.63) is 0 Å². The fraction of sp³-hybridized carbons (Fsp3) is 1.00. The summed E-state index contributed by atoms with van der Waals surface area (Å²) in [5.74, 6) is 0. The summed E-state index contributed by atoms with van der Waals surface area (Å²) < 4.78 is 38.5. The first-order valence-electron chi connectivity index (χ1n) is 23.8. The van der Waals surface area contributed by atoms with Gasteiger partial charge in [-0.15, -0.1) is 0 Å². The van der Waals surface area contributed by atoms with Gasteiger partial charge < -0.3 is 31.6 Å². The van der Waals surface area contributed by atoms with Crippen molar-refractivity contribution < 1.29 is 31.6 Å². The molecule has 0 bridgehead atoms. The van der Waals surface area contributed by atoms with Crippen LogP contribution in [-0.2, 0) is 31.6 Å². The Morgan fingerprint density at radius 1 is 0.291 bits per heavy atom. The Hall–Kier alpha value is 0.154. The van der Waals surface area contributed by atoms with Crippen LogP contribution in [0.1, 0.15) is 226 Å². The third-order valence-corrected chi connectivity index (χ3v) is 16.5. The molecular weight excluding hydrogens is 721 g/mol. The molecule has 0 aromatic rings. The van der Waals surface area contributed by atoms with Gasteiger partial charge in [0.1, 0.15) is 0 Å². The lowest BCUT2D eigenvalue weighted by molar-refractivity contribution is 0.106. The summed E-state index contributed by atoms with van der Waals surface area (Å²) >= 11 is 0. The highest BCUT2D eigenvalue weighted by Crippen LogP contribution is 2.17. The van der Waals surface area contributed by atoms with Gasteiger partial charge in [-0.1, -0.05) is 206 Å². The van der Waals surface area contributed by atoms with Crippen molar-refractivity contribution in [2.75, 3.05) is 61.6 Å². The summed E-state index contributed by atoms with van der Waals surface area (Å²) in [6, 6.07) is 0.815. The highest BCUT2D eigenvalue weighted by Gasteiger charge is 2.36. The average Bonchev–Trinajstić information content (AvgIpc) is 3.21. The molecule has 0 aromatic carbocycles. The molecule has 9 heteroatoms. The molecule has 334 valence electrons. The second-order valence-corrected chi connectivity index (χ2v) is 22.7. The van der Waals surface area contributed by atoms with Crippen molar-refractivity contribution in [1.29, 1.82) is 0 Å². The molecule has 0 fully saturated rings. The van der Waals surface area contributed by atoms with Crippen LogP contribution in [0.25, 0.3) is 0 Å². The van der Waals surface area contributed by atoms with E-state index < -0.39 is 17.4 Å². The summed E-state index contributed by atoms with van der Waals surface area (Å²) in [6.07, 6.45) is 46.5. The Labute approximate surface area is 347 Å². The van der Waals surface area contributed by atoms with Gasteiger partial charge >= 0.3 is 17.4 Å². The van der Waals surface area contributed by atoms with Gasteiger partial charge in [-0.05, 0) is 25.8 Å². The van der Waals surface area contributed by atoms with E-state index in [4.69, 9.17) is 31.6 Å². The smallest absolute Gasteiger partial charge is 0.396 e. The molecule has 0 aliphatic rings. The maximum Gasteiger partial charge on any atom is 0.500 e. The van der Waals surface area contributed by atoms with Crippen molar-refractivity contribution in [3.63, 3.8) is 0 Å². The van der Waals surface area contributed by atoms with Crippen molar-refractivity contribution >= 4 is 17.4 Å². The van der Waals surface area contributed by atoms with Gasteiger partial charge in [0.15, 0.2) is 0 Å². The minimum Gasteiger partial charge on any atom is -0.396 e. The maximum atomic E-state index is 5.74. The van der Waals surface area contributed by atoms with E-state index in [1.54, 1.807) is 35.5 Å². The topological polar surface area (TPSA) is 64.6 Å². The molecule has 0 aromatic heterocycles.